The van der Waals surface area contributed by atoms with E-state index >= 15 is 0 Å². The minimum atomic E-state index is -0.0668. The van der Waals surface area contributed by atoms with Crippen molar-refractivity contribution in [1.82, 2.24) is 0 Å². The van der Waals surface area contributed by atoms with Crippen molar-refractivity contribution in [1.29, 1.82) is 0 Å². The summed E-state index contributed by atoms with van der Waals surface area (Å²) in [4.78, 5) is 11.0. The second kappa shape index (κ2) is 3.92. The molecular weight excluding hydrogens is 232 g/mol. The Kier molecular flexibility index (Phi) is 2.46. The summed E-state index contributed by atoms with van der Waals surface area (Å²) in [7, 11) is 0. The van der Waals surface area contributed by atoms with Gasteiger partial charge in [-0.05, 0) is 33.9 Å². The number of hydrogen-bond donors (Lipinski definition) is 0. The highest BCUT2D eigenvalue weighted by Crippen LogP contribution is 2.48. The van der Waals surface area contributed by atoms with Gasteiger partial charge in [0.1, 0.15) is 6.29 Å². The molecule has 3 rings (SSSR count). The van der Waals surface area contributed by atoms with Crippen LogP contribution in [0.25, 0.3) is 17.2 Å². The van der Waals surface area contributed by atoms with Crippen LogP contribution in [0.5, 0.6) is 0 Å². The van der Waals surface area contributed by atoms with Gasteiger partial charge in [0, 0.05) is 11.0 Å². The molecule has 0 aliphatic heterocycles. The monoisotopic (exact) mass is 248 g/mol. The van der Waals surface area contributed by atoms with E-state index in [9.17, 15) is 4.79 Å². The summed E-state index contributed by atoms with van der Waals surface area (Å²) in [6, 6.07) is 12.4. The zero-order valence-electron chi connectivity index (χ0n) is 11.2. The molecule has 1 aliphatic carbocycles. The number of hydrogen-bond acceptors (Lipinski definition) is 1. The van der Waals surface area contributed by atoms with Gasteiger partial charge in [0.25, 0.3) is 0 Å². The molecule has 2 aromatic carbocycles. The van der Waals surface area contributed by atoms with Crippen molar-refractivity contribution in [3.63, 3.8) is 0 Å². The number of carbonyl (C=O) groups excluding carboxylic acids is 1. The van der Waals surface area contributed by atoms with Crippen molar-refractivity contribution in [3.8, 4) is 11.1 Å². The Balaban J connectivity index is 2.31. The molecule has 0 unspecified atom stereocenters. The van der Waals surface area contributed by atoms with Crippen LogP contribution in [0.2, 0.25) is 0 Å². The fraction of sp³-hybridized carbons (Fsp3) is 0.167. The fourth-order valence-corrected chi connectivity index (χ4v) is 2.97. The van der Waals surface area contributed by atoms with Crippen LogP contribution in [0, 0.1) is 0 Å². The third-order valence-electron chi connectivity index (χ3n) is 4.10. The van der Waals surface area contributed by atoms with E-state index in [1.165, 1.54) is 22.3 Å². The Hall–Kier alpha value is -2.15. The lowest BCUT2D eigenvalue weighted by Crippen LogP contribution is -2.15. The predicted octanol–water partition coefficient (Wildman–Crippen LogP) is 4.45. The average molecular weight is 248 g/mol. The van der Waals surface area contributed by atoms with E-state index in [0.29, 0.717) is 0 Å². The Morgan fingerprint density at radius 1 is 0.947 bits per heavy atom. The summed E-state index contributed by atoms with van der Waals surface area (Å²) in [5.74, 6) is 0. The summed E-state index contributed by atoms with van der Waals surface area (Å²) < 4.78 is 0. The van der Waals surface area contributed by atoms with Gasteiger partial charge in [-0.1, -0.05) is 56.8 Å². The van der Waals surface area contributed by atoms with Gasteiger partial charge in [-0.15, -0.1) is 0 Å². The van der Waals surface area contributed by atoms with Crippen molar-refractivity contribution >= 4 is 12.4 Å². The molecule has 2 aromatic rings. The van der Waals surface area contributed by atoms with Crippen molar-refractivity contribution in [3.05, 3.63) is 65.2 Å². The maximum absolute atomic E-state index is 11.0. The highest BCUT2D eigenvalue weighted by atomic mass is 16.1. The van der Waals surface area contributed by atoms with Gasteiger partial charge in [-0.2, -0.15) is 0 Å². The fourth-order valence-electron chi connectivity index (χ4n) is 2.97. The minimum absolute atomic E-state index is 0.0668. The average Bonchev–Trinajstić information content (AvgIpc) is 2.67. The maximum Gasteiger partial charge on any atom is 0.150 e. The molecule has 1 aliphatic rings. The first-order chi connectivity index (χ1) is 9.07. The van der Waals surface area contributed by atoms with E-state index < -0.39 is 0 Å². The molecule has 0 saturated carbocycles. The van der Waals surface area contributed by atoms with Crippen LogP contribution in [0.4, 0.5) is 0 Å². The van der Waals surface area contributed by atoms with Gasteiger partial charge in [-0.3, -0.25) is 4.79 Å². The summed E-state index contributed by atoms with van der Waals surface area (Å²) in [5, 5.41) is 0. The first kappa shape index (κ1) is 11.9. The Labute approximate surface area is 113 Å². The Bertz CT molecular complexity index is 633. The van der Waals surface area contributed by atoms with Gasteiger partial charge >= 0.3 is 0 Å². The van der Waals surface area contributed by atoms with Gasteiger partial charge in [-0.25, -0.2) is 0 Å². The minimum Gasteiger partial charge on any atom is -0.298 e. The number of aldehydes is 1. The largest absolute Gasteiger partial charge is 0.298 e. The van der Waals surface area contributed by atoms with Crippen LogP contribution in [0.1, 0.15) is 40.9 Å². The zero-order valence-corrected chi connectivity index (χ0v) is 11.2. The first-order valence-electron chi connectivity index (χ1n) is 6.45. The quantitative estimate of drug-likeness (QED) is 0.718. The Morgan fingerprint density at radius 2 is 1.47 bits per heavy atom. The van der Waals surface area contributed by atoms with Gasteiger partial charge in [0.2, 0.25) is 0 Å². The summed E-state index contributed by atoms with van der Waals surface area (Å²) in [5.41, 5.74) is 6.85. The molecule has 0 heterocycles. The van der Waals surface area contributed by atoms with Crippen LogP contribution >= 0.6 is 0 Å². The Morgan fingerprint density at radius 3 is 2.00 bits per heavy atom. The van der Waals surface area contributed by atoms with E-state index in [1.807, 2.05) is 18.2 Å². The van der Waals surface area contributed by atoms with Gasteiger partial charge < -0.3 is 0 Å². The summed E-state index contributed by atoms with van der Waals surface area (Å²) >= 11 is 0. The van der Waals surface area contributed by atoms with Gasteiger partial charge in [0.05, 0.1) is 0 Å². The molecule has 19 heavy (non-hydrogen) atoms. The van der Waals surface area contributed by atoms with E-state index in [4.69, 9.17) is 0 Å². The number of carbonyl (C=O) groups is 1. The number of rotatable bonds is 2. The highest BCUT2D eigenvalue weighted by Gasteiger charge is 2.35. The summed E-state index contributed by atoms with van der Waals surface area (Å²) in [6.45, 7) is 8.25. The molecule has 0 spiro atoms. The number of benzene rings is 2. The molecule has 0 fully saturated rings. The van der Waals surface area contributed by atoms with E-state index in [0.717, 1.165) is 17.4 Å². The van der Waals surface area contributed by atoms with Gasteiger partial charge in [0.15, 0.2) is 0 Å². The molecule has 1 nitrogen and oxygen atoms in total. The SMILES string of the molecule is C=Cc1ccc2c(c1)C(C)(C)c1cc(C=O)ccc1-2. The molecule has 0 radical (unpaired) electrons. The zero-order chi connectivity index (χ0) is 13.6. The molecule has 94 valence electrons. The molecule has 0 amide bonds. The van der Waals surface area contributed by atoms with Crippen molar-refractivity contribution in [2.45, 2.75) is 19.3 Å². The lowest BCUT2D eigenvalue weighted by Gasteiger charge is -2.21. The molecule has 0 atom stereocenters. The van der Waals surface area contributed by atoms with E-state index in [1.54, 1.807) is 0 Å². The normalized spacial score (nSPS) is 14.6. The van der Waals surface area contributed by atoms with Crippen LogP contribution in [-0.2, 0) is 5.41 Å². The standard InChI is InChI=1S/C18H16O/c1-4-12-5-7-14-15-8-6-13(11-19)10-17(15)18(2,3)16(14)9-12/h4-11H,1H2,2-3H3. The molecule has 0 bridgehead atoms. The first-order valence-corrected chi connectivity index (χ1v) is 6.45. The topological polar surface area (TPSA) is 17.1 Å². The van der Waals surface area contributed by atoms with Crippen LogP contribution in [0.15, 0.2) is 43.0 Å². The third kappa shape index (κ3) is 1.58. The molecule has 0 N–H and O–H groups in total. The van der Waals surface area contributed by atoms with E-state index in [-0.39, 0.29) is 5.41 Å². The van der Waals surface area contributed by atoms with Crippen LogP contribution in [0.3, 0.4) is 0 Å². The van der Waals surface area contributed by atoms with Crippen LogP contribution < -0.4 is 0 Å². The molecule has 0 saturated heterocycles. The van der Waals surface area contributed by atoms with Crippen molar-refractivity contribution < 1.29 is 4.79 Å². The lowest BCUT2D eigenvalue weighted by molar-refractivity contribution is 0.112. The number of fused-ring (bicyclic) bond motifs is 3. The predicted molar refractivity (Wildman–Crippen MR) is 79.5 cm³/mol. The second-order valence-corrected chi connectivity index (χ2v) is 5.56. The molecular formula is C18H16O. The smallest absolute Gasteiger partial charge is 0.150 e. The lowest BCUT2D eigenvalue weighted by atomic mass is 9.81. The highest BCUT2D eigenvalue weighted by molar-refractivity contribution is 5.85. The third-order valence-corrected chi connectivity index (χ3v) is 4.10. The molecule has 0 aromatic heterocycles. The summed E-state index contributed by atoms with van der Waals surface area (Å²) in [6.07, 6.45) is 2.78. The molecule has 1 heteroatoms. The van der Waals surface area contributed by atoms with E-state index in [2.05, 4.69) is 44.7 Å². The van der Waals surface area contributed by atoms with Crippen molar-refractivity contribution in [2.75, 3.05) is 0 Å². The second-order valence-electron chi connectivity index (χ2n) is 5.56. The van der Waals surface area contributed by atoms with Crippen molar-refractivity contribution in [2.24, 2.45) is 0 Å². The van der Waals surface area contributed by atoms with Crippen LogP contribution in [-0.4, -0.2) is 6.29 Å². The maximum atomic E-state index is 11.0.